The third-order valence-corrected chi connectivity index (χ3v) is 4.40. The zero-order chi connectivity index (χ0) is 19.9. The summed E-state index contributed by atoms with van der Waals surface area (Å²) in [6, 6.07) is 7.56. The van der Waals surface area contributed by atoms with Gasteiger partial charge in [0.05, 0.1) is 12.6 Å². The molecule has 6 heteroatoms. The van der Waals surface area contributed by atoms with Crippen molar-refractivity contribution in [3.8, 4) is 0 Å². The molecule has 0 aromatic heterocycles. The van der Waals surface area contributed by atoms with Gasteiger partial charge in [0, 0.05) is 25.3 Å². The lowest BCUT2D eigenvalue weighted by Gasteiger charge is -2.27. The zero-order valence-electron chi connectivity index (χ0n) is 16.9. The Kier molecular flexibility index (Phi) is 7.66. The number of rotatable bonds is 7. The SMILES string of the molecule is CCN(Cc1ccccc1NC(=O)CCC1CCCO1)C(=O)OC(C)(C)C. The maximum atomic E-state index is 12.4. The summed E-state index contributed by atoms with van der Waals surface area (Å²) in [6.07, 6.45) is 3.13. The standard InChI is InChI=1S/C21H32N2O4/c1-5-23(20(25)27-21(2,3)4)15-16-9-6-7-11-18(16)22-19(24)13-12-17-10-8-14-26-17/h6-7,9,11,17H,5,8,10,12-15H2,1-4H3,(H,22,24). The molecule has 1 saturated heterocycles. The van der Waals surface area contributed by atoms with Gasteiger partial charge in [-0.2, -0.15) is 0 Å². The fourth-order valence-electron chi connectivity index (χ4n) is 2.99. The van der Waals surface area contributed by atoms with E-state index in [2.05, 4.69) is 5.32 Å². The zero-order valence-corrected chi connectivity index (χ0v) is 16.9. The second-order valence-electron chi connectivity index (χ2n) is 7.87. The monoisotopic (exact) mass is 376 g/mol. The van der Waals surface area contributed by atoms with Crippen molar-refractivity contribution in [3.63, 3.8) is 0 Å². The molecule has 1 aromatic carbocycles. The van der Waals surface area contributed by atoms with E-state index < -0.39 is 5.60 Å². The minimum Gasteiger partial charge on any atom is -0.444 e. The second kappa shape index (κ2) is 9.74. The van der Waals surface area contributed by atoms with Crippen LogP contribution in [0.15, 0.2) is 24.3 Å². The highest BCUT2D eigenvalue weighted by molar-refractivity contribution is 5.91. The normalized spacial score (nSPS) is 16.8. The van der Waals surface area contributed by atoms with Gasteiger partial charge in [-0.25, -0.2) is 4.79 Å². The summed E-state index contributed by atoms with van der Waals surface area (Å²) in [5.41, 5.74) is 1.08. The Balaban J connectivity index is 1.96. The van der Waals surface area contributed by atoms with Gasteiger partial charge in [-0.15, -0.1) is 0 Å². The van der Waals surface area contributed by atoms with E-state index >= 15 is 0 Å². The molecular formula is C21H32N2O4. The minimum absolute atomic E-state index is 0.0294. The molecule has 0 radical (unpaired) electrons. The van der Waals surface area contributed by atoms with E-state index in [0.717, 1.165) is 37.1 Å². The number of para-hydroxylation sites is 1. The molecule has 1 unspecified atom stereocenters. The number of benzene rings is 1. The lowest BCUT2D eigenvalue weighted by Crippen LogP contribution is -2.36. The van der Waals surface area contributed by atoms with Crippen LogP contribution < -0.4 is 5.32 Å². The van der Waals surface area contributed by atoms with Crippen molar-refractivity contribution < 1.29 is 19.1 Å². The van der Waals surface area contributed by atoms with Gasteiger partial charge in [0.1, 0.15) is 5.60 Å². The molecule has 150 valence electrons. The predicted molar refractivity (Wildman–Crippen MR) is 106 cm³/mol. The summed E-state index contributed by atoms with van der Waals surface area (Å²) in [5.74, 6) is -0.0294. The van der Waals surface area contributed by atoms with Crippen LogP contribution >= 0.6 is 0 Å². The maximum absolute atomic E-state index is 12.4. The van der Waals surface area contributed by atoms with E-state index in [9.17, 15) is 9.59 Å². The largest absolute Gasteiger partial charge is 0.444 e. The number of ether oxygens (including phenoxy) is 2. The third kappa shape index (κ3) is 7.21. The Morgan fingerprint density at radius 3 is 2.67 bits per heavy atom. The van der Waals surface area contributed by atoms with Crippen LogP contribution in [0.2, 0.25) is 0 Å². The number of anilines is 1. The lowest BCUT2D eigenvalue weighted by molar-refractivity contribution is -0.116. The Hall–Kier alpha value is -2.08. The average molecular weight is 376 g/mol. The van der Waals surface area contributed by atoms with E-state index in [4.69, 9.17) is 9.47 Å². The van der Waals surface area contributed by atoms with Crippen LogP contribution in [-0.2, 0) is 20.8 Å². The van der Waals surface area contributed by atoms with Gasteiger partial charge >= 0.3 is 6.09 Å². The second-order valence-corrected chi connectivity index (χ2v) is 7.87. The van der Waals surface area contributed by atoms with Crippen LogP contribution in [0, 0.1) is 0 Å². The van der Waals surface area contributed by atoms with Crippen molar-refractivity contribution in [2.45, 2.75) is 71.6 Å². The molecule has 1 aromatic rings. The summed E-state index contributed by atoms with van der Waals surface area (Å²) >= 11 is 0. The van der Waals surface area contributed by atoms with Gasteiger partial charge in [0.25, 0.3) is 0 Å². The van der Waals surface area contributed by atoms with E-state index in [1.54, 1.807) is 4.90 Å². The summed E-state index contributed by atoms with van der Waals surface area (Å²) in [7, 11) is 0. The van der Waals surface area contributed by atoms with Crippen LogP contribution in [0.4, 0.5) is 10.5 Å². The first kappa shape index (κ1) is 21.2. The Morgan fingerprint density at radius 2 is 2.04 bits per heavy atom. The number of carbonyl (C=O) groups is 2. The van der Waals surface area contributed by atoms with Crippen LogP contribution in [0.3, 0.4) is 0 Å². The Labute approximate surface area is 162 Å². The molecule has 2 amide bonds. The number of amides is 2. The highest BCUT2D eigenvalue weighted by Gasteiger charge is 2.22. The van der Waals surface area contributed by atoms with E-state index in [0.29, 0.717) is 19.5 Å². The molecule has 1 N–H and O–H groups in total. The quantitative estimate of drug-likeness (QED) is 0.768. The highest BCUT2D eigenvalue weighted by Crippen LogP contribution is 2.21. The first-order chi connectivity index (χ1) is 12.8. The van der Waals surface area contributed by atoms with Gasteiger partial charge < -0.3 is 19.7 Å². The highest BCUT2D eigenvalue weighted by atomic mass is 16.6. The summed E-state index contributed by atoms with van der Waals surface area (Å²) in [4.78, 5) is 26.3. The van der Waals surface area contributed by atoms with Crippen molar-refractivity contribution in [2.24, 2.45) is 0 Å². The van der Waals surface area contributed by atoms with Gasteiger partial charge in [0.15, 0.2) is 0 Å². The molecule has 1 aliphatic heterocycles. The molecule has 0 saturated carbocycles. The Morgan fingerprint density at radius 1 is 1.30 bits per heavy atom. The molecule has 0 spiro atoms. The predicted octanol–water partition coefficient (Wildman–Crippen LogP) is 4.34. The van der Waals surface area contributed by atoms with Crippen molar-refractivity contribution in [1.82, 2.24) is 4.90 Å². The van der Waals surface area contributed by atoms with Gasteiger partial charge in [0.2, 0.25) is 5.91 Å². The number of hydrogen-bond donors (Lipinski definition) is 1. The number of carbonyl (C=O) groups excluding carboxylic acids is 2. The molecule has 2 rings (SSSR count). The molecule has 0 aliphatic carbocycles. The fraction of sp³-hybridized carbons (Fsp3) is 0.619. The third-order valence-electron chi connectivity index (χ3n) is 4.40. The molecule has 1 heterocycles. The van der Waals surface area contributed by atoms with Gasteiger partial charge in [-0.1, -0.05) is 18.2 Å². The first-order valence-electron chi connectivity index (χ1n) is 9.75. The van der Waals surface area contributed by atoms with E-state index in [1.807, 2.05) is 52.0 Å². The number of nitrogens with one attached hydrogen (secondary N) is 1. The fourth-order valence-corrected chi connectivity index (χ4v) is 2.99. The topological polar surface area (TPSA) is 67.9 Å². The van der Waals surface area contributed by atoms with Gasteiger partial charge in [-0.3, -0.25) is 4.79 Å². The van der Waals surface area contributed by atoms with Crippen LogP contribution in [0.5, 0.6) is 0 Å². The molecule has 1 fully saturated rings. The molecule has 1 atom stereocenters. The smallest absolute Gasteiger partial charge is 0.410 e. The number of hydrogen-bond acceptors (Lipinski definition) is 4. The van der Waals surface area contributed by atoms with Gasteiger partial charge in [-0.05, 0) is 58.6 Å². The minimum atomic E-state index is -0.541. The van der Waals surface area contributed by atoms with Crippen LogP contribution in [-0.4, -0.2) is 41.8 Å². The first-order valence-corrected chi connectivity index (χ1v) is 9.75. The number of nitrogens with zero attached hydrogens (tertiary/aromatic N) is 1. The molecule has 27 heavy (non-hydrogen) atoms. The average Bonchev–Trinajstić information content (AvgIpc) is 3.11. The van der Waals surface area contributed by atoms with E-state index in [1.165, 1.54) is 0 Å². The van der Waals surface area contributed by atoms with Crippen LogP contribution in [0.25, 0.3) is 0 Å². The van der Waals surface area contributed by atoms with Crippen molar-refractivity contribution >= 4 is 17.7 Å². The van der Waals surface area contributed by atoms with Crippen molar-refractivity contribution in [2.75, 3.05) is 18.5 Å². The van der Waals surface area contributed by atoms with E-state index in [-0.39, 0.29) is 18.1 Å². The van der Waals surface area contributed by atoms with Crippen molar-refractivity contribution in [3.05, 3.63) is 29.8 Å². The summed E-state index contributed by atoms with van der Waals surface area (Å²) in [6.45, 7) is 9.16. The maximum Gasteiger partial charge on any atom is 0.410 e. The summed E-state index contributed by atoms with van der Waals surface area (Å²) in [5, 5.41) is 2.98. The molecule has 0 bridgehead atoms. The molecule has 6 nitrogen and oxygen atoms in total. The van der Waals surface area contributed by atoms with Crippen LogP contribution in [0.1, 0.15) is 58.9 Å². The Bertz CT molecular complexity index is 633. The van der Waals surface area contributed by atoms with Crippen molar-refractivity contribution in [1.29, 1.82) is 0 Å². The lowest BCUT2D eigenvalue weighted by atomic mass is 10.1. The summed E-state index contributed by atoms with van der Waals surface area (Å²) < 4.78 is 11.0. The molecular weight excluding hydrogens is 344 g/mol. The molecule has 1 aliphatic rings.